The first-order valence-electron chi connectivity index (χ1n) is 4.26. The van der Waals surface area contributed by atoms with Gasteiger partial charge in [0.2, 0.25) is 5.91 Å². The van der Waals surface area contributed by atoms with Gasteiger partial charge < -0.3 is 5.32 Å². The second-order valence-electron chi connectivity index (χ2n) is 2.92. The molecule has 1 aromatic carbocycles. The van der Waals surface area contributed by atoms with Crippen LogP contribution < -0.4 is 5.32 Å². The van der Waals surface area contributed by atoms with Crippen molar-refractivity contribution in [2.24, 2.45) is 0 Å². The van der Waals surface area contributed by atoms with Gasteiger partial charge in [0.05, 0.1) is 21.7 Å². The SMILES string of the molecule is N#CCC(=O)Nc1cc(Cl)c([N+](=O)[O-])cc1Cl. The number of nitriles is 1. The van der Waals surface area contributed by atoms with Crippen molar-refractivity contribution in [3.63, 3.8) is 0 Å². The minimum absolute atomic E-state index is 0.0209. The van der Waals surface area contributed by atoms with Crippen molar-refractivity contribution in [3.8, 4) is 6.07 Å². The number of nitro benzene ring substituents is 1. The molecule has 0 atom stereocenters. The summed E-state index contributed by atoms with van der Waals surface area (Å²) < 4.78 is 0. The molecule has 1 aromatic rings. The van der Waals surface area contributed by atoms with E-state index in [0.717, 1.165) is 12.1 Å². The normalized spacial score (nSPS) is 9.47. The third kappa shape index (κ3) is 3.31. The van der Waals surface area contributed by atoms with Gasteiger partial charge in [-0.3, -0.25) is 14.9 Å². The largest absolute Gasteiger partial charge is 0.324 e. The lowest BCUT2D eigenvalue weighted by Gasteiger charge is -2.06. The van der Waals surface area contributed by atoms with Gasteiger partial charge in [0.1, 0.15) is 11.4 Å². The number of hydrogen-bond acceptors (Lipinski definition) is 4. The molecule has 0 heterocycles. The van der Waals surface area contributed by atoms with Crippen LogP contribution in [0.3, 0.4) is 0 Å². The maximum atomic E-state index is 11.1. The monoisotopic (exact) mass is 273 g/mol. The minimum atomic E-state index is -0.685. The zero-order valence-corrected chi connectivity index (χ0v) is 9.75. The number of hydrogen-bond donors (Lipinski definition) is 1. The third-order valence-corrected chi connectivity index (χ3v) is 2.36. The van der Waals surface area contributed by atoms with Gasteiger partial charge >= 0.3 is 0 Å². The quantitative estimate of drug-likeness (QED) is 0.676. The Labute approximate surface area is 106 Å². The van der Waals surface area contributed by atoms with Gasteiger partial charge in [-0.05, 0) is 6.07 Å². The number of anilines is 1. The van der Waals surface area contributed by atoms with Gasteiger partial charge in [-0.1, -0.05) is 23.2 Å². The van der Waals surface area contributed by atoms with Crippen molar-refractivity contribution in [2.45, 2.75) is 6.42 Å². The van der Waals surface area contributed by atoms with E-state index in [0.29, 0.717) is 0 Å². The van der Waals surface area contributed by atoms with E-state index in [1.54, 1.807) is 6.07 Å². The molecule has 0 aliphatic carbocycles. The first kappa shape index (κ1) is 13.2. The van der Waals surface area contributed by atoms with E-state index in [-0.39, 0.29) is 27.8 Å². The Morgan fingerprint density at radius 2 is 2.12 bits per heavy atom. The molecule has 88 valence electrons. The van der Waals surface area contributed by atoms with Crippen molar-refractivity contribution >= 4 is 40.5 Å². The smallest absolute Gasteiger partial charge is 0.289 e. The van der Waals surface area contributed by atoms with E-state index < -0.39 is 10.8 Å². The molecular weight excluding hydrogens is 269 g/mol. The van der Waals surface area contributed by atoms with Crippen LogP contribution in [0.2, 0.25) is 10.0 Å². The van der Waals surface area contributed by atoms with Crippen molar-refractivity contribution in [1.29, 1.82) is 5.26 Å². The first-order chi connectivity index (χ1) is 7.95. The standard InChI is InChI=1S/C9H5Cl2N3O3/c10-5-4-8(14(16)17)6(11)3-7(5)13-9(15)1-2-12/h3-4H,1H2,(H,13,15). The van der Waals surface area contributed by atoms with E-state index in [9.17, 15) is 14.9 Å². The lowest BCUT2D eigenvalue weighted by Crippen LogP contribution is -2.10. The van der Waals surface area contributed by atoms with E-state index in [2.05, 4.69) is 5.32 Å². The van der Waals surface area contributed by atoms with Crippen molar-refractivity contribution < 1.29 is 9.72 Å². The van der Waals surface area contributed by atoms with E-state index in [4.69, 9.17) is 28.5 Å². The van der Waals surface area contributed by atoms with E-state index >= 15 is 0 Å². The second kappa shape index (κ2) is 5.48. The molecular formula is C9H5Cl2N3O3. The zero-order valence-electron chi connectivity index (χ0n) is 8.24. The van der Waals surface area contributed by atoms with Crippen LogP contribution in [0.5, 0.6) is 0 Å². The topological polar surface area (TPSA) is 96.0 Å². The highest BCUT2D eigenvalue weighted by Gasteiger charge is 2.16. The maximum absolute atomic E-state index is 11.1. The Hall–Kier alpha value is -1.84. The Morgan fingerprint density at radius 3 is 2.65 bits per heavy atom. The number of carbonyl (C=O) groups excluding carboxylic acids is 1. The molecule has 0 aliphatic heterocycles. The summed E-state index contributed by atoms with van der Waals surface area (Å²) in [6.45, 7) is 0. The molecule has 0 aromatic heterocycles. The summed E-state index contributed by atoms with van der Waals surface area (Å²) in [6.07, 6.45) is -0.342. The van der Waals surface area contributed by atoms with Crippen molar-refractivity contribution in [2.75, 3.05) is 5.32 Å². The number of carbonyl (C=O) groups is 1. The molecule has 0 bridgehead atoms. The Bertz CT molecular complexity index is 525. The zero-order chi connectivity index (χ0) is 13.0. The fourth-order valence-corrected chi connectivity index (χ4v) is 1.48. The number of benzene rings is 1. The van der Waals surface area contributed by atoms with Gasteiger partial charge in [0.15, 0.2) is 0 Å². The summed E-state index contributed by atoms with van der Waals surface area (Å²) >= 11 is 11.4. The van der Waals surface area contributed by atoms with Gasteiger partial charge in [-0.2, -0.15) is 5.26 Å². The summed E-state index contributed by atoms with van der Waals surface area (Å²) in [5, 5.41) is 21.0. The molecule has 17 heavy (non-hydrogen) atoms. The molecule has 0 unspecified atom stereocenters. The molecule has 1 N–H and O–H groups in total. The summed E-state index contributed by atoms with van der Waals surface area (Å²) in [7, 11) is 0. The summed E-state index contributed by atoms with van der Waals surface area (Å²) in [5.41, 5.74) is -0.225. The molecule has 6 nitrogen and oxygen atoms in total. The lowest BCUT2D eigenvalue weighted by atomic mass is 10.2. The van der Waals surface area contributed by atoms with E-state index in [1.807, 2.05) is 0 Å². The van der Waals surface area contributed by atoms with Gasteiger partial charge in [-0.25, -0.2) is 0 Å². The van der Waals surface area contributed by atoms with Crippen LogP contribution in [0, 0.1) is 21.4 Å². The number of nitrogens with zero attached hydrogens (tertiary/aromatic N) is 2. The highest BCUT2D eigenvalue weighted by Crippen LogP contribution is 2.33. The minimum Gasteiger partial charge on any atom is -0.324 e. The van der Waals surface area contributed by atoms with Crippen molar-refractivity contribution in [3.05, 3.63) is 32.3 Å². The number of halogens is 2. The molecule has 0 saturated carbocycles. The van der Waals surface area contributed by atoms with Crippen LogP contribution in [-0.4, -0.2) is 10.8 Å². The first-order valence-corrected chi connectivity index (χ1v) is 5.01. The van der Waals surface area contributed by atoms with Crippen LogP contribution in [0.4, 0.5) is 11.4 Å². The number of nitrogens with one attached hydrogen (secondary N) is 1. The fourth-order valence-electron chi connectivity index (χ4n) is 1.04. The predicted molar refractivity (Wildman–Crippen MR) is 62.0 cm³/mol. The summed E-state index contributed by atoms with van der Waals surface area (Å²) in [5.74, 6) is -0.570. The van der Waals surface area contributed by atoms with Crippen molar-refractivity contribution in [1.82, 2.24) is 0 Å². The molecule has 8 heteroatoms. The lowest BCUT2D eigenvalue weighted by molar-refractivity contribution is -0.384. The average molecular weight is 274 g/mol. The Kier molecular flexibility index (Phi) is 4.26. The van der Waals surface area contributed by atoms with Crippen LogP contribution in [-0.2, 0) is 4.79 Å². The number of rotatable bonds is 3. The predicted octanol–water partition coefficient (Wildman–Crippen LogP) is 2.75. The highest BCUT2D eigenvalue weighted by molar-refractivity contribution is 6.37. The van der Waals surface area contributed by atoms with Crippen LogP contribution >= 0.6 is 23.2 Å². The maximum Gasteiger partial charge on any atom is 0.289 e. The molecule has 1 rings (SSSR count). The van der Waals surface area contributed by atoms with Crippen LogP contribution in [0.25, 0.3) is 0 Å². The third-order valence-electron chi connectivity index (χ3n) is 1.75. The summed E-state index contributed by atoms with van der Waals surface area (Å²) in [6, 6.07) is 3.85. The molecule has 1 amide bonds. The molecule has 0 saturated heterocycles. The van der Waals surface area contributed by atoms with Gasteiger partial charge in [-0.15, -0.1) is 0 Å². The second-order valence-corrected chi connectivity index (χ2v) is 3.74. The van der Waals surface area contributed by atoms with Crippen LogP contribution in [0.15, 0.2) is 12.1 Å². The Balaban J connectivity index is 3.04. The Morgan fingerprint density at radius 1 is 1.47 bits per heavy atom. The number of amides is 1. The number of nitro groups is 1. The summed E-state index contributed by atoms with van der Waals surface area (Å²) in [4.78, 5) is 21.0. The fraction of sp³-hybridized carbons (Fsp3) is 0.111. The molecule has 0 aliphatic rings. The molecule has 0 fully saturated rings. The van der Waals surface area contributed by atoms with Gasteiger partial charge in [0.25, 0.3) is 5.69 Å². The van der Waals surface area contributed by atoms with Gasteiger partial charge in [0, 0.05) is 6.07 Å². The molecule has 0 radical (unpaired) electrons. The highest BCUT2D eigenvalue weighted by atomic mass is 35.5. The average Bonchev–Trinajstić information content (AvgIpc) is 2.22. The van der Waals surface area contributed by atoms with Crippen LogP contribution in [0.1, 0.15) is 6.42 Å². The molecule has 0 spiro atoms. The van der Waals surface area contributed by atoms with E-state index in [1.165, 1.54) is 0 Å².